The molecular weight excluding hydrogens is 264 g/mol. The molecule has 0 atom stereocenters. The Kier molecular flexibility index (Phi) is 4.93. The number of nitrogens with one attached hydrogen (secondary N) is 1. The van der Waals surface area contributed by atoms with Crippen molar-refractivity contribution in [2.24, 2.45) is 0 Å². The van der Waals surface area contributed by atoms with Crippen LogP contribution < -0.4 is 4.83 Å². The smallest absolute Gasteiger partial charge is 0.228 e. The number of hydrogen-bond acceptors (Lipinski definition) is 4. The molecule has 1 aliphatic rings. The molecule has 1 aromatic carbocycles. The number of aliphatic hydroxyl groups excluding tert-OH is 1. The van der Waals surface area contributed by atoms with Crippen LogP contribution in [-0.2, 0) is 22.4 Å². The van der Waals surface area contributed by atoms with Gasteiger partial charge in [0.05, 0.1) is 12.4 Å². The molecule has 0 aliphatic carbocycles. The Morgan fingerprint density at radius 2 is 1.63 bits per heavy atom. The fourth-order valence-electron chi connectivity index (χ4n) is 2.17. The molecule has 0 aromatic heterocycles. The Balaban J connectivity index is 1.95. The molecule has 6 heteroatoms. The number of aliphatic hydroxyl groups is 1. The van der Waals surface area contributed by atoms with Crippen LogP contribution in [0.25, 0.3) is 0 Å². The van der Waals surface area contributed by atoms with E-state index in [9.17, 15) is 8.42 Å². The molecule has 2 rings (SSSR count). The largest absolute Gasteiger partial charge is 0.392 e. The molecular formula is C13H20N2O3S. The van der Waals surface area contributed by atoms with Gasteiger partial charge in [-0.3, -0.25) is 0 Å². The zero-order valence-electron chi connectivity index (χ0n) is 10.9. The molecule has 1 aromatic rings. The zero-order valence-corrected chi connectivity index (χ0v) is 11.7. The second-order valence-electron chi connectivity index (χ2n) is 4.87. The highest BCUT2D eigenvalue weighted by molar-refractivity contribution is 7.88. The first-order valence-corrected chi connectivity index (χ1v) is 8.18. The Bertz CT molecular complexity index is 493. The van der Waals surface area contributed by atoms with Gasteiger partial charge in [-0.15, -0.1) is 4.83 Å². The highest BCUT2D eigenvalue weighted by atomic mass is 32.2. The number of hydrogen-bond donors (Lipinski definition) is 2. The number of rotatable bonds is 5. The fourth-order valence-corrected chi connectivity index (χ4v) is 3.45. The standard InChI is InChI=1S/C13H20N2O3S/c16-10-12-4-6-13(7-5-12)11-19(17,18)14-15-8-2-1-3-9-15/h4-7,14,16H,1-3,8-11H2. The molecule has 2 N–H and O–H groups in total. The van der Waals surface area contributed by atoms with Gasteiger partial charge >= 0.3 is 0 Å². The molecule has 106 valence electrons. The maximum Gasteiger partial charge on any atom is 0.228 e. The second-order valence-corrected chi connectivity index (χ2v) is 6.57. The first-order chi connectivity index (χ1) is 9.09. The summed E-state index contributed by atoms with van der Waals surface area (Å²) in [6.07, 6.45) is 3.24. The number of hydrazine groups is 1. The minimum Gasteiger partial charge on any atom is -0.392 e. The van der Waals surface area contributed by atoms with Crippen LogP contribution in [-0.4, -0.2) is 31.6 Å². The summed E-state index contributed by atoms with van der Waals surface area (Å²) in [5, 5.41) is 10.7. The van der Waals surface area contributed by atoms with Crippen molar-refractivity contribution >= 4 is 10.0 Å². The van der Waals surface area contributed by atoms with E-state index < -0.39 is 10.0 Å². The number of nitrogens with zero attached hydrogens (tertiary/aromatic N) is 1. The SMILES string of the molecule is O=S(=O)(Cc1ccc(CO)cc1)NN1CCCCC1. The Hall–Kier alpha value is -0.950. The molecule has 5 nitrogen and oxygen atoms in total. The molecule has 1 heterocycles. The van der Waals surface area contributed by atoms with Gasteiger partial charge in [0, 0.05) is 13.1 Å². The summed E-state index contributed by atoms with van der Waals surface area (Å²) in [5.74, 6) is -0.0325. The number of piperidine rings is 1. The summed E-state index contributed by atoms with van der Waals surface area (Å²) in [6.45, 7) is 1.53. The van der Waals surface area contributed by atoms with E-state index in [-0.39, 0.29) is 12.4 Å². The molecule has 1 fully saturated rings. The van der Waals surface area contributed by atoms with Gasteiger partial charge in [0.2, 0.25) is 10.0 Å². The molecule has 0 unspecified atom stereocenters. The summed E-state index contributed by atoms with van der Waals surface area (Å²) in [6, 6.07) is 6.96. The van der Waals surface area contributed by atoms with Crippen LogP contribution in [0.1, 0.15) is 30.4 Å². The van der Waals surface area contributed by atoms with Crippen molar-refractivity contribution in [2.75, 3.05) is 13.1 Å². The predicted molar refractivity (Wildman–Crippen MR) is 73.5 cm³/mol. The molecule has 0 amide bonds. The summed E-state index contributed by atoms with van der Waals surface area (Å²) < 4.78 is 24.0. The lowest BCUT2D eigenvalue weighted by atomic mass is 10.2. The first kappa shape index (κ1) is 14.5. The molecule has 0 spiro atoms. The fraction of sp³-hybridized carbons (Fsp3) is 0.538. The minimum atomic E-state index is -3.34. The van der Waals surface area contributed by atoms with Crippen LogP contribution in [0.3, 0.4) is 0 Å². The molecule has 0 bridgehead atoms. The van der Waals surface area contributed by atoms with Crippen molar-refractivity contribution in [3.8, 4) is 0 Å². The van der Waals surface area contributed by atoms with Gasteiger partial charge in [-0.05, 0) is 24.0 Å². The molecule has 1 aliphatic heterocycles. The van der Waals surface area contributed by atoms with Crippen LogP contribution in [0.2, 0.25) is 0 Å². The van der Waals surface area contributed by atoms with Crippen molar-refractivity contribution in [3.63, 3.8) is 0 Å². The Morgan fingerprint density at radius 1 is 1.05 bits per heavy atom. The number of benzene rings is 1. The summed E-state index contributed by atoms with van der Waals surface area (Å²) in [7, 11) is -3.34. The van der Waals surface area contributed by atoms with Crippen LogP contribution in [0, 0.1) is 0 Å². The van der Waals surface area contributed by atoms with Crippen LogP contribution >= 0.6 is 0 Å². The van der Waals surface area contributed by atoms with Crippen LogP contribution in [0.15, 0.2) is 24.3 Å². The number of sulfonamides is 1. The third-order valence-corrected chi connectivity index (χ3v) is 4.44. The highest BCUT2D eigenvalue weighted by Gasteiger charge is 2.18. The Morgan fingerprint density at radius 3 is 2.21 bits per heavy atom. The van der Waals surface area contributed by atoms with E-state index in [2.05, 4.69) is 4.83 Å². The summed E-state index contributed by atoms with van der Waals surface area (Å²) in [4.78, 5) is 2.63. The van der Waals surface area contributed by atoms with Gasteiger partial charge in [-0.1, -0.05) is 30.7 Å². The van der Waals surface area contributed by atoms with Crippen molar-refractivity contribution < 1.29 is 13.5 Å². The second kappa shape index (κ2) is 6.47. The van der Waals surface area contributed by atoms with Crippen molar-refractivity contribution in [1.29, 1.82) is 0 Å². The monoisotopic (exact) mass is 284 g/mol. The van der Waals surface area contributed by atoms with Crippen molar-refractivity contribution in [3.05, 3.63) is 35.4 Å². The zero-order chi connectivity index (χ0) is 13.7. The third-order valence-electron chi connectivity index (χ3n) is 3.19. The van der Waals surface area contributed by atoms with Crippen LogP contribution in [0.5, 0.6) is 0 Å². The topological polar surface area (TPSA) is 69.6 Å². The third kappa shape index (κ3) is 4.58. The normalized spacial score (nSPS) is 17.5. The van der Waals surface area contributed by atoms with E-state index in [0.717, 1.165) is 37.1 Å². The van der Waals surface area contributed by atoms with Crippen molar-refractivity contribution in [1.82, 2.24) is 9.84 Å². The van der Waals surface area contributed by atoms with Gasteiger partial charge in [0.15, 0.2) is 0 Å². The van der Waals surface area contributed by atoms with Crippen molar-refractivity contribution in [2.45, 2.75) is 31.6 Å². The highest BCUT2D eigenvalue weighted by Crippen LogP contribution is 2.10. The summed E-state index contributed by atoms with van der Waals surface area (Å²) in [5.41, 5.74) is 1.51. The summed E-state index contributed by atoms with van der Waals surface area (Å²) >= 11 is 0. The van der Waals surface area contributed by atoms with Gasteiger partial charge in [-0.2, -0.15) is 0 Å². The van der Waals surface area contributed by atoms with Gasteiger partial charge in [0.25, 0.3) is 0 Å². The average molecular weight is 284 g/mol. The maximum absolute atomic E-state index is 12.0. The molecule has 19 heavy (non-hydrogen) atoms. The molecule has 0 radical (unpaired) electrons. The van der Waals surface area contributed by atoms with E-state index in [0.29, 0.717) is 0 Å². The molecule has 1 saturated heterocycles. The lowest BCUT2D eigenvalue weighted by molar-refractivity contribution is 0.200. The van der Waals surface area contributed by atoms with E-state index in [4.69, 9.17) is 5.11 Å². The quantitative estimate of drug-likeness (QED) is 0.846. The van der Waals surface area contributed by atoms with Gasteiger partial charge < -0.3 is 5.11 Å². The van der Waals surface area contributed by atoms with Crippen LogP contribution in [0.4, 0.5) is 0 Å². The Labute approximate surface area is 114 Å². The first-order valence-electron chi connectivity index (χ1n) is 6.53. The molecule has 0 saturated carbocycles. The minimum absolute atomic E-state index is 0.0287. The van der Waals surface area contributed by atoms with Gasteiger partial charge in [-0.25, -0.2) is 13.4 Å². The van der Waals surface area contributed by atoms with E-state index in [1.165, 1.54) is 6.42 Å². The predicted octanol–water partition coefficient (Wildman–Crippen LogP) is 0.999. The van der Waals surface area contributed by atoms with E-state index in [1.54, 1.807) is 29.3 Å². The lowest BCUT2D eigenvalue weighted by Gasteiger charge is -2.26. The van der Waals surface area contributed by atoms with E-state index in [1.807, 2.05) is 0 Å². The lowest BCUT2D eigenvalue weighted by Crippen LogP contribution is -2.45. The van der Waals surface area contributed by atoms with E-state index >= 15 is 0 Å². The average Bonchev–Trinajstić information content (AvgIpc) is 2.39. The maximum atomic E-state index is 12.0. The van der Waals surface area contributed by atoms with Gasteiger partial charge in [0.1, 0.15) is 0 Å².